The molecule has 45 heavy (non-hydrogen) atoms. The third kappa shape index (κ3) is 8.85. The number of alkyl carbamates (subject to hydrolysis) is 1. The van der Waals surface area contributed by atoms with Crippen LogP contribution in [-0.4, -0.2) is 81.7 Å². The van der Waals surface area contributed by atoms with Crippen LogP contribution in [0.4, 0.5) is 4.79 Å². The predicted molar refractivity (Wildman–Crippen MR) is 171 cm³/mol. The van der Waals surface area contributed by atoms with E-state index in [1.165, 1.54) is 17.0 Å². The number of likely N-dealkylation sites (tertiary alicyclic amines) is 1. The van der Waals surface area contributed by atoms with Crippen molar-refractivity contribution in [3.8, 4) is 0 Å². The SMILES string of the molecule is Bc1ccc(S(=O)(=O)O[C@H]2C[C@@H](C(=O)N[C@]3(C=O)C[C@H]3C=C)N(C(=O)[C@H](CCCCCC=C)NC(=O)OC3CCCC3)C2)cc1. The van der Waals surface area contributed by atoms with Gasteiger partial charge in [-0.2, -0.15) is 8.42 Å². The molecule has 2 N–H and O–H groups in total. The summed E-state index contributed by atoms with van der Waals surface area (Å²) in [7, 11) is -2.38. The highest BCUT2D eigenvalue weighted by Gasteiger charge is 2.55. The van der Waals surface area contributed by atoms with E-state index in [1.807, 2.05) is 13.9 Å². The van der Waals surface area contributed by atoms with Crippen molar-refractivity contribution < 1.29 is 36.5 Å². The Morgan fingerprint density at radius 3 is 2.42 bits per heavy atom. The van der Waals surface area contributed by atoms with Crippen molar-refractivity contribution >= 4 is 47.6 Å². The Morgan fingerprint density at radius 2 is 1.80 bits per heavy atom. The lowest BCUT2D eigenvalue weighted by molar-refractivity contribution is -0.140. The van der Waals surface area contributed by atoms with Crippen molar-refractivity contribution in [2.45, 2.75) is 105 Å². The van der Waals surface area contributed by atoms with Gasteiger partial charge >= 0.3 is 6.09 Å². The van der Waals surface area contributed by atoms with Crippen molar-refractivity contribution in [3.05, 3.63) is 49.6 Å². The van der Waals surface area contributed by atoms with Crippen LogP contribution in [0.3, 0.4) is 0 Å². The number of ether oxygens (including phenoxy) is 1. The average Bonchev–Trinajstić information content (AvgIpc) is 3.28. The lowest BCUT2D eigenvalue weighted by atomic mass is 9.97. The van der Waals surface area contributed by atoms with Crippen molar-refractivity contribution in [2.75, 3.05) is 6.54 Å². The highest BCUT2D eigenvalue weighted by atomic mass is 32.2. The van der Waals surface area contributed by atoms with E-state index in [2.05, 4.69) is 23.8 Å². The fourth-order valence-electron chi connectivity index (χ4n) is 6.12. The second-order valence-corrected chi connectivity index (χ2v) is 13.9. The number of unbranched alkanes of at least 4 members (excludes halogenated alkanes) is 3. The van der Waals surface area contributed by atoms with Crippen molar-refractivity contribution in [3.63, 3.8) is 0 Å². The number of benzene rings is 1. The second kappa shape index (κ2) is 15.2. The number of rotatable bonds is 16. The monoisotopic (exact) mass is 641 g/mol. The second-order valence-electron chi connectivity index (χ2n) is 12.4. The van der Waals surface area contributed by atoms with Gasteiger partial charge in [-0.3, -0.25) is 13.8 Å². The molecule has 2 aliphatic carbocycles. The molecule has 1 aromatic rings. The number of aldehydes is 1. The number of nitrogens with zero attached hydrogens (tertiary/aromatic N) is 1. The first-order valence-corrected chi connectivity index (χ1v) is 17.2. The first-order chi connectivity index (χ1) is 21.5. The average molecular weight is 642 g/mol. The summed E-state index contributed by atoms with van der Waals surface area (Å²) >= 11 is 0. The van der Waals surface area contributed by atoms with Crippen LogP contribution in [0.1, 0.15) is 70.6 Å². The van der Waals surface area contributed by atoms with E-state index >= 15 is 0 Å². The zero-order valence-corrected chi connectivity index (χ0v) is 26.8. The zero-order valence-electron chi connectivity index (χ0n) is 25.9. The molecule has 3 amide bonds. The van der Waals surface area contributed by atoms with Gasteiger partial charge in [-0.25, -0.2) is 4.79 Å². The Kier molecular flexibility index (Phi) is 11.6. The maximum Gasteiger partial charge on any atom is 0.408 e. The molecule has 1 aliphatic heterocycles. The number of carbonyl (C=O) groups is 4. The molecule has 0 aromatic heterocycles. The van der Waals surface area contributed by atoms with E-state index in [4.69, 9.17) is 8.92 Å². The highest BCUT2D eigenvalue weighted by molar-refractivity contribution is 7.86. The molecule has 0 bridgehead atoms. The summed E-state index contributed by atoms with van der Waals surface area (Å²) < 4.78 is 37.4. The molecular formula is C32H44BN3O8S. The van der Waals surface area contributed by atoms with Crippen molar-refractivity contribution in [1.82, 2.24) is 15.5 Å². The number of nitrogens with one attached hydrogen (secondary N) is 2. The summed E-state index contributed by atoms with van der Waals surface area (Å²) in [5.41, 5.74) is -0.242. The minimum atomic E-state index is -4.21. The maximum absolute atomic E-state index is 14.1. The van der Waals surface area contributed by atoms with E-state index in [-0.39, 0.29) is 29.9 Å². The summed E-state index contributed by atoms with van der Waals surface area (Å²) in [4.78, 5) is 53.7. The number of hydrogen-bond donors (Lipinski definition) is 2. The van der Waals surface area contributed by atoms with Gasteiger partial charge < -0.3 is 25.1 Å². The van der Waals surface area contributed by atoms with Crippen LogP contribution in [0.25, 0.3) is 0 Å². The Bertz CT molecular complexity index is 1360. The highest BCUT2D eigenvalue weighted by Crippen LogP contribution is 2.43. The molecule has 11 nitrogen and oxygen atoms in total. The summed E-state index contributed by atoms with van der Waals surface area (Å²) in [6.07, 6.45) is 9.28. The zero-order chi connectivity index (χ0) is 32.6. The summed E-state index contributed by atoms with van der Waals surface area (Å²) in [5, 5.41) is 5.48. The predicted octanol–water partition coefficient (Wildman–Crippen LogP) is 2.05. The number of carbonyl (C=O) groups excluding carboxylic acids is 4. The number of allylic oxidation sites excluding steroid dienone is 1. The molecule has 244 valence electrons. The van der Waals surface area contributed by atoms with Crippen LogP contribution >= 0.6 is 0 Å². The minimum absolute atomic E-state index is 0.0423. The van der Waals surface area contributed by atoms with Crippen LogP contribution in [0.2, 0.25) is 0 Å². The van der Waals surface area contributed by atoms with Gasteiger partial charge in [0.15, 0.2) is 0 Å². The van der Waals surface area contributed by atoms with Crippen LogP contribution in [0, 0.1) is 5.92 Å². The molecule has 4 rings (SSSR count). The van der Waals surface area contributed by atoms with Gasteiger partial charge in [-0.15, -0.1) is 13.2 Å². The standard InChI is InChI=1S/C32H44BN3O8S/c1-3-5-6-7-8-13-27(34-31(40)43-24-11-9-10-12-24)30(39)36-20-25(44-45(41,42)26-16-14-23(33)15-17-26)18-28(36)29(38)35-32(21-37)19-22(32)4-2/h3-4,14-17,21-22,24-25,27-28H,1-2,5-13,18-20,33H2,(H,34,40)(H,35,38)/t22-,25+,27+,28+,32+/m1/s1. The normalized spacial score (nSPS) is 25.2. The van der Waals surface area contributed by atoms with Crippen LogP contribution in [0.15, 0.2) is 54.5 Å². The minimum Gasteiger partial charge on any atom is -0.446 e. The van der Waals surface area contributed by atoms with E-state index in [1.54, 1.807) is 18.2 Å². The van der Waals surface area contributed by atoms with E-state index < -0.39 is 51.8 Å². The molecular weight excluding hydrogens is 597 g/mol. The molecule has 2 saturated carbocycles. The fourth-order valence-corrected chi connectivity index (χ4v) is 7.20. The van der Waals surface area contributed by atoms with E-state index in [0.29, 0.717) is 25.5 Å². The third-order valence-electron chi connectivity index (χ3n) is 8.90. The van der Waals surface area contributed by atoms with Crippen LogP contribution < -0.4 is 16.1 Å². The molecule has 1 heterocycles. The maximum atomic E-state index is 14.1. The fraction of sp³-hybridized carbons (Fsp3) is 0.562. The first kappa shape index (κ1) is 34.4. The Morgan fingerprint density at radius 1 is 1.09 bits per heavy atom. The largest absolute Gasteiger partial charge is 0.446 e. The van der Waals surface area contributed by atoms with Gasteiger partial charge in [0.05, 0.1) is 11.0 Å². The molecule has 3 fully saturated rings. The molecule has 0 radical (unpaired) electrons. The molecule has 13 heteroatoms. The van der Waals surface area contributed by atoms with Gasteiger partial charge in [0.25, 0.3) is 10.1 Å². The molecule has 0 spiro atoms. The molecule has 0 unspecified atom stereocenters. The van der Waals surface area contributed by atoms with Crippen LogP contribution in [-0.2, 0) is 33.4 Å². The van der Waals surface area contributed by atoms with Gasteiger partial charge in [-0.05, 0) is 63.5 Å². The molecule has 5 atom stereocenters. The van der Waals surface area contributed by atoms with Crippen molar-refractivity contribution in [2.24, 2.45) is 5.92 Å². The quantitative estimate of drug-likeness (QED) is 0.0917. The molecule has 1 saturated heterocycles. The van der Waals surface area contributed by atoms with Gasteiger partial charge in [0.2, 0.25) is 11.8 Å². The smallest absolute Gasteiger partial charge is 0.408 e. The lowest BCUT2D eigenvalue weighted by Crippen LogP contribution is -2.55. The summed E-state index contributed by atoms with van der Waals surface area (Å²) in [6.45, 7) is 7.25. The Hall–Kier alpha value is -3.45. The topological polar surface area (TPSA) is 148 Å². The first-order valence-electron chi connectivity index (χ1n) is 15.8. The lowest BCUT2D eigenvalue weighted by Gasteiger charge is -2.29. The molecule has 1 aromatic carbocycles. The van der Waals surface area contributed by atoms with Gasteiger partial charge in [-0.1, -0.05) is 42.6 Å². The van der Waals surface area contributed by atoms with Crippen molar-refractivity contribution in [1.29, 1.82) is 0 Å². The summed E-state index contributed by atoms with van der Waals surface area (Å²) in [6, 6.07) is 4.04. The van der Waals surface area contributed by atoms with E-state index in [0.717, 1.165) is 50.4 Å². The van der Waals surface area contributed by atoms with E-state index in [9.17, 15) is 27.6 Å². The summed E-state index contributed by atoms with van der Waals surface area (Å²) in [5.74, 6) is -1.39. The Labute approximate surface area is 266 Å². The third-order valence-corrected chi connectivity index (χ3v) is 10.3. The van der Waals surface area contributed by atoms with Gasteiger partial charge in [0, 0.05) is 18.9 Å². The van der Waals surface area contributed by atoms with Crippen LogP contribution in [0.5, 0.6) is 0 Å². The molecule has 3 aliphatic rings. The Balaban J connectivity index is 1.54. The number of amides is 3. The van der Waals surface area contributed by atoms with Gasteiger partial charge in [0.1, 0.15) is 37.9 Å². The number of hydrogen-bond acceptors (Lipinski definition) is 8.